The number of carbonyl (C=O) groups excluding carboxylic acids is 4. The van der Waals surface area contributed by atoms with Crippen LogP contribution in [0.3, 0.4) is 0 Å². The molecule has 0 aliphatic rings. The van der Waals surface area contributed by atoms with E-state index in [2.05, 4.69) is 6.58 Å². The Morgan fingerprint density at radius 1 is 0.913 bits per heavy atom. The molecule has 8 nitrogen and oxygen atoms in total. The van der Waals surface area contributed by atoms with Crippen LogP contribution in [0, 0.1) is 0 Å². The molecule has 23 heavy (non-hydrogen) atoms. The third kappa shape index (κ3) is 7.59. The van der Waals surface area contributed by atoms with Crippen molar-refractivity contribution in [3.05, 3.63) is 12.2 Å². The molecule has 0 fully saturated rings. The van der Waals surface area contributed by atoms with Crippen LogP contribution >= 0.6 is 0 Å². The van der Waals surface area contributed by atoms with E-state index in [-0.39, 0.29) is 18.5 Å². The van der Waals surface area contributed by atoms with Gasteiger partial charge < -0.3 is 18.2 Å². The molecule has 0 aromatic heterocycles. The second-order valence-electron chi connectivity index (χ2n) is 4.88. The van der Waals surface area contributed by atoms with Gasteiger partial charge in [0.2, 0.25) is 5.91 Å². The minimum absolute atomic E-state index is 0.0847. The summed E-state index contributed by atoms with van der Waals surface area (Å²) in [5.41, 5.74) is 0.339. The number of nitrogens with zero attached hydrogens (tertiary/aromatic N) is 1. The first-order valence-electron chi connectivity index (χ1n) is 7.06. The van der Waals surface area contributed by atoms with Gasteiger partial charge >= 0.3 is 8.80 Å². The molecule has 0 saturated heterocycles. The highest BCUT2D eigenvalue weighted by Gasteiger charge is 2.52. The summed E-state index contributed by atoms with van der Waals surface area (Å²) in [6, 6.07) is -0.0847. The van der Waals surface area contributed by atoms with Crippen molar-refractivity contribution in [3.8, 4) is 0 Å². The largest absolute Gasteiger partial charge is 0.706 e. The summed E-state index contributed by atoms with van der Waals surface area (Å²) < 4.78 is 15.1. The summed E-state index contributed by atoms with van der Waals surface area (Å²) in [6.07, 6.45) is 0. The summed E-state index contributed by atoms with van der Waals surface area (Å²) >= 11 is 0. The molecule has 0 N–H and O–H groups in total. The van der Waals surface area contributed by atoms with Crippen molar-refractivity contribution in [2.75, 3.05) is 13.1 Å². The third-order valence-corrected chi connectivity index (χ3v) is 5.25. The molecule has 0 heterocycles. The maximum Gasteiger partial charge on any atom is 0.706 e. The topological polar surface area (TPSA) is 99.2 Å². The van der Waals surface area contributed by atoms with Gasteiger partial charge in [-0.25, -0.2) is 0 Å². The lowest BCUT2D eigenvalue weighted by Crippen LogP contribution is -2.51. The zero-order chi connectivity index (χ0) is 18.2. The lowest BCUT2D eigenvalue weighted by Gasteiger charge is -2.29. The van der Waals surface area contributed by atoms with E-state index in [9.17, 15) is 19.2 Å². The molecule has 0 aromatic rings. The fraction of sp³-hybridized carbons (Fsp3) is 0.571. The number of carbonyl (C=O) groups is 4. The van der Waals surface area contributed by atoms with E-state index in [1.165, 1.54) is 4.90 Å². The summed E-state index contributed by atoms with van der Waals surface area (Å²) in [7, 11) is -3.92. The van der Waals surface area contributed by atoms with Gasteiger partial charge in [-0.1, -0.05) is 6.58 Å². The summed E-state index contributed by atoms with van der Waals surface area (Å²) in [4.78, 5) is 47.3. The molecule has 0 rings (SSSR count). The molecule has 0 aromatic carbocycles. The monoisotopic (exact) mass is 345 g/mol. The lowest BCUT2D eigenvalue weighted by atomic mass is 10.3. The van der Waals surface area contributed by atoms with Crippen LogP contribution in [0.4, 0.5) is 0 Å². The second-order valence-corrected chi connectivity index (χ2v) is 7.36. The molecular formula is C14H23NO7Si. The Labute approximate surface area is 136 Å². The van der Waals surface area contributed by atoms with Gasteiger partial charge in [0, 0.05) is 39.4 Å². The predicted octanol–water partition coefficient (Wildman–Crippen LogP) is 1.04. The van der Waals surface area contributed by atoms with Crippen molar-refractivity contribution in [2.24, 2.45) is 0 Å². The molecule has 0 bridgehead atoms. The summed E-state index contributed by atoms with van der Waals surface area (Å²) in [6.45, 7) is 10.7. The van der Waals surface area contributed by atoms with E-state index < -0.39 is 26.7 Å². The maximum absolute atomic E-state index is 12.0. The van der Waals surface area contributed by atoms with Gasteiger partial charge in [-0.3, -0.25) is 19.2 Å². The second kappa shape index (κ2) is 9.08. The molecule has 0 radical (unpaired) electrons. The van der Waals surface area contributed by atoms with Gasteiger partial charge in [-0.15, -0.1) is 0 Å². The van der Waals surface area contributed by atoms with Gasteiger partial charge in [0.1, 0.15) is 0 Å². The van der Waals surface area contributed by atoms with Crippen LogP contribution in [0.5, 0.6) is 0 Å². The SMILES string of the molecule is C=C(C)C(=O)N(CC)CC[Si](OC(C)=O)(OC(C)=O)OC(C)=O. The minimum Gasteiger partial charge on any atom is -0.455 e. The normalized spacial score (nSPS) is 10.5. The minimum atomic E-state index is -3.92. The maximum atomic E-state index is 12.0. The summed E-state index contributed by atoms with van der Waals surface area (Å²) in [5.74, 6) is -2.51. The van der Waals surface area contributed by atoms with Gasteiger partial charge in [0.25, 0.3) is 17.9 Å². The molecule has 9 heteroatoms. The van der Waals surface area contributed by atoms with Crippen molar-refractivity contribution < 1.29 is 32.5 Å². The average Bonchev–Trinajstić information content (AvgIpc) is 2.36. The predicted molar refractivity (Wildman–Crippen MR) is 82.9 cm³/mol. The van der Waals surface area contributed by atoms with Gasteiger partial charge in [0.15, 0.2) is 0 Å². The van der Waals surface area contributed by atoms with Crippen molar-refractivity contribution in [3.63, 3.8) is 0 Å². The summed E-state index contributed by atoms with van der Waals surface area (Å²) in [5, 5.41) is 0. The van der Waals surface area contributed by atoms with Crippen molar-refractivity contribution >= 4 is 32.6 Å². The number of hydrogen-bond donors (Lipinski definition) is 0. The number of amides is 1. The molecule has 0 aliphatic heterocycles. The highest BCUT2D eigenvalue weighted by Crippen LogP contribution is 2.18. The van der Waals surface area contributed by atoms with E-state index in [1.54, 1.807) is 13.8 Å². The van der Waals surface area contributed by atoms with E-state index in [0.717, 1.165) is 20.8 Å². The number of likely N-dealkylation sites (N-methyl/N-ethyl adjacent to an activating group) is 1. The first-order chi connectivity index (χ1) is 10.5. The van der Waals surface area contributed by atoms with Crippen LogP contribution in [-0.2, 0) is 32.5 Å². The molecule has 1 amide bonds. The Bertz CT molecular complexity index is 463. The highest BCUT2D eigenvalue weighted by molar-refractivity contribution is 6.65. The Morgan fingerprint density at radius 3 is 1.57 bits per heavy atom. The molecule has 0 atom stereocenters. The Hall–Kier alpha value is -2.16. The lowest BCUT2D eigenvalue weighted by molar-refractivity contribution is -0.147. The molecule has 0 unspecified atom stereocenters. The molecular weight excluding hydrogens is 322 g/mol. The first kappa shape index (κ1) is 20.8. The quantitative estimate of drug-likeness (QED) is 0.478. The zero-order valence-corrected chi connectivity index (χ0v) is 15.1. The van der Waals surface area contributed by atoms with Crippen LogP contribution < -0.4 is 0 Å². The van der Waals surface area contributed by atoms with E-state index >= 15 is 0 Å². The zero-order valence-electron chi connectivity index (χ0n) is 14.1. The average molecular weight is 345 g/mol. The van der Waals surface area contributed by atoms with E-state index in [0.29, 0.717) is 12.1 Å². The van der Waals surface area contributed by atoms with Gasteiger partial charge in [-0.2, -0.15) is 0 Å². The van der Waals surface area contributed by atoms with Crippen molar-refractivity contribution in [1.82, 2.24) is 4.90 Å². The Kier molecular flexibility index (Phi) is 8.23. The smallest absolute Gasteiger partial charge is 0.455 e. The van der Waals surface area contributed by atoms with Crippen molar-refractivity contribution in [1.29, 1.82) is 0 Å². The number of hydrogen-bond acceptors (Lipinski definition) is 7. The number of rotatable bonds is 8. The van der Waals surface area contributed by atoms with E-state index in [4.69, 9.17) is 13.3 Å². The van der Waals surface area contributed by atoms with Gasteiger partial charge in [0.05, 0.1) is 6.04 Å². The standard InChI is InChI=1S/C14H23NO7Si/c1-7-15(14(19)10(2)3)8-9-23(20-11(4)16,21-12(5)17)22-13(6)18/h2,7-9H2,1,3-6H3. The molecule has 0 saturated carbocycles. The first-order valence-corrected chi connectivity index (χ1v) is 8.99. The van der Waals surface area contributed by atoms with Crippen LogP contribution in [0.1, 0.15) is 34.6 Å². The van der Waals surface area contributed by atoms with Crippen LogP contribution in [0.15, 0.2) is 12.2 Å². The van der Waals surface area contributed by atoms with Crippen LogP contribution in [0.2, 0.25) is 6.04 Å². The third-order valence-electron chi connectivity index (χ3n) is 2.62. The van der Waals surface area contributed by atoms with E-state index in [1.807, 2.05) is 0 Å². The fourth-order valence-electron chi connectivity index (χ4n) is 1.82. The van der Waals surface area contributed by atoms with Gasteiger partial charge in [-0.05, 0) is 13.8 Å². The Balaban J connectivity index is 5.35. The van der Waals surface area contributed by atoms with Crippen LogP contribution in [-0.4, -0.2) is 50.6 Å². The Morgan fingerprint density at radius 2 is 1.30 bits per heavy atom. The molecule has 130 valence electrons. The highest BCUT2D eigenvalue weighted by atomic mass is 28.4. The molecule has 0 spiro atoms. The molecule has 0 aliphatic carbocycles. The fourth-order valence-corrected chi connectivity index (χ4v) is 4.11. The van der Waals surface area contributed by atoms with Crippen molar-refractivity contribution in [2.45, 2.75) is 40.7 Å². The van der Waals surface area contributed by atoms with Crippen LogP contribution in [0.25, 0.3) is 0 Å².